The number of hydrogen-bond acceptors (Lipinski definition) is 3. The molecule has 2 atom stereocenters. The molecule has 0 amide bonds. The Hall–Kier alpha value is 0.120. The monoisotopic (exact) mass is 270 g/mol. The molecule has 96 valence electrons. The largest absolute Gasteiger partial charge is 0.379 e. The van der Waals surface area contributed by atoms with Crippen LogP contribution >= 0.6 is 11.6 Å². The average Bonchev–Trinajstić information content (AvgIpc) is 2.16. The molecule has 1 aliphatic rings. The summed E-state index contributed by atoms with van der Waals surface area (Å²) in [5.41, 5.74) is 0. The number of morpholine rings is 1. The maximum atomic E-state index is 11.9. The van der Waals surface area contributed by atoms with Crippen LogP contribution in [0.2, 0.25) is 0 Å². The van der Waals surface area contributed by atoms with E-state index in [0.29, 0.717) is 32.7 Å². The predicted molar refractivity (Wildman–Crippen MR) is 63.8 cm³/mol. The van der Waals surface area contributed by atoms with E-state index in [-0.39, 0.29) is 11.4 Å². The first-order chi connectivity index (χ1) is 7.42. The third-order valence-corrected chi connectivity index (χ3v) is 4.26. The second-order valence-electron chi connectivity index (χ2n) is 4.05. The van der Waals surface area contributed by atoms with Gasteiger partial charge < -0.3 is 4.74 Å². The normalized spacial score (nSPS) is 22.9. The highest BCUT2D eigenvalue weighted by atomic mass is 35.5. The molecular formula is C9H19ClN2O3S. The lowest BCUT2D eigenvalue weighted by molar-refractivity contribution is 0.0723. The van der Waals surface area contributed by atoms with E-state index in [9.17, 15) is 8.42 Å². The molecule has 1 saturated heterocycles. The van der Waals surface area contributed by atoms with Crippen LogP contribution in [-0.2, 0) is 14.9 Å². The minimum Gasteiger partial charge on any atom is -0.379 e. The fraction of sp³-hybridized carbons (Fsp3) is 1.00. The third-order valence-electron chi connectivity index (χ3n) is 2.34. The van der Waals surface area contributed by atoms with Crippen molar-refractivity contribution < 1.29 is 13.2 Å². The van der Waals surface area contributed by atoms with Gasteiger partial charge in [-0.3, -0.25) is 0 Å². The Labute approximate surface area is 102 Å². The Kier molecular flexibility index (Phi) is 5.46. The predicted octanol–water partition coefficient (Wildman–Crippen LogP) is 0.559. The molecule has 7 heteroatoms. The van der Waals surface area contributed by atoms with E-state index in [4.69, 9.17) is 16.3 Å². The molecule has 0 aliphatic carbocycles. The highest BCUT2D eigenvalue weighted by Gasteiger charge is 2.25. The van der Waals surface area contributed by atoms with Gasteiger partial charge in [0.2, 0.25) is 0 Å². The van der Waals surface area contributed by atoms with Crippen molar-refractivity contribution in [3.63, 3.8) is 0 Å². The highest BCUT2D eigenvalue weighted by Crippen LogP contribution is 2.08. The molecule has 0 saturated carbocycles. The zero-order valence-electron chi connectivity index (χ0n) is 9.65. The summed E-state index contributed by atoms with van der Waals surface area (Å²) in [6.45, 7) is 5.41. The Morgan fingerprint density at radius 3 is 2.44 bits per heavy atom. The van der Waals surface area contributed by atoms with Crippen molar-refractivity contribution in [3.05, 3.63) is 0 Å². The number of hydrogen-bond donors (Lipinski definition) is 1. The van der Waals surface area contributed by atoms with Gasteiger partial charge in [-0.2, -0.15) is 17.4 Å². The van der Waals surface area contributed by atoms with E-state index in [2.05, 4.69) is 4.72 Å². The lowest BCUT2D eigenvalue weighted by atomic mass is 10.2. The molecule has 0 aromatic rings. The van der Waals surface area contributed by atoms with E-state index < -0.39 is 10.2 Å². The number of nitrogens with zero attached hydrogens (tertiary/aromatic N) is 1. The van der Waals surface area contributed by atoms with Crippen molar-refractivity contribution in [2.24, 2.45) is 0 Å². The molecule has 0 aromatic heterocycles. The number of ether oxygens (including phenoxy) is 1. The van der Waals surface area contributed by atoms with Crippen molar-refractivity contribution in [2.45, 2.75) is 31.7 Å². The third kappa shape index (κ3) is 4.55. The molecule has 16 heavy (non-hydrogen) atoms. The molecule has 1 rings (SSSR count). The minimum atomic E-state index is -3.38. The van der Waals surface area contributed by atoms with Crippen LogP contribution in [0.4, 0.5) is 0 Å². The standard InChI is InChI=1S/C9H19ClN2O3S/c1-8(10)7-9(2)11-16(13,14)12-3-5-15-6-4-12/h8-9,11H,3-7H2,1-2H3. The lowest BCUT2D eigenvalue weighted by Gasteiger charge is -2.27. The van der Waals surface area contributed by atoms with Crippen LogP contribution in [0.5, 0.6) is 0 Å². The van der Waals surface area contributed by atoms with E-state index in [1.54, 1.807) is 0 Å². The zero-order chi connectivity index (χ0) is 12.2. The average molecular weight is 271 g/mol. The van der Waals surface area contributed by atoms with Crippen LogP contribution in [0.25, 0.3) is 0 Å². The quantitative estimate of drug-likeness (QED) is 0.743. The maximum absolute atomic E-state index is 11.9. The van der Waals surface area contributed by atoms with E-state index in [1.165, 1.54) is 4.31 Å². The van der Waals surface area contributed by atoms with Crippen LogP contribution in [0.1, 0.15) is 20.3 Å². The Morgan fingerprint density at radius 2 is 1.94 bits per heavy atom. The first-order valence-electron chi connectivity index (χ1n) is 5.41. The van der Waals surface area contributed by atoms with Crippen LogP contribution in [0.3, 0.4) is 0 Å². The first-order valence-corrected chi connectivity index (χ1v) is 7.28. The van der Waals surface area contributed by atoms with Gasteiger partial charge in [0, 0.05) is 24.5 Å². The van der Waals surface area contributed by atoms with Crippen LogP contribution in [0, 0.1) is 0 Å². The van der Waals surface area contributed by atoms with Crippen LogP contribution in [-0.4, -0.2) is 50.4 Å². The smallest absolute Gasteiger partial charge is 0.279 e. The summed E-state index contributed by atoms with van der Waals surface area (Å²) in [6.07, 6.45) is 0.616. The molecule has 0 spiro atoms. The molecule has 1 aliphatic heterocycles. The van der Waals surface area contributed by atoms with Crippen molar-refractivity contribution in [1.82, 2.24) is 9.03 Å². The molecule has 1 heterocycles. The molecule has 1 N–H and O–H groups in total. The lowest BCUT2D eigenvalue weighted by Crippen LogP contribution is -2.49. The molecule has 2 unspecified atom stereocenters. The molecule has 0 aromatic carbocycles. The van der Waals surface area contributed by atoms with E-state index in [1.807, 2.05) is 13.8 Å². The van der Waals surface area contributed by atoms with Gasteiger partial charge in [0.25, 0.3) is 10.2 Å². The summed E-state index contributed by atoms with van der Waals surface area (Å²) in [4.78, 5) is 0. The summed E-state index contributed by atoms with van der Waals surface area (Å²) >= 11 is 5.82. The summed E-state index contributed by atoms with van der Waals surface area (Å²) < 4.78 is 32.9. The Morgan fingerprint density at radius 1 is 1.38 bits per heavy atom. The Bertz CT molecular complexity index is 302. The second-order valence-corrected chi connectivity index (χ2v) is 6.50. The van der Waals surface area contributed by atoms with E-state index in [0.717, 1.165) is 0 Å². The van der Waals surface area contributed by atoms with Gasteiger partial charge in [0.1, 0.15) is 0 Å². The van der Waals surface area contributed by atoms with Crippen LogP contribution < -0.4 is 4.72 Å². The van der Waals surface area contributed by atoms with Gasteiger partial charge in [-0.05, 0) is 20.3 Å². The number of nitrogens with one attached hydrogen (secondary N) is 1. The fourth-order valence-corrected chi connectivity index (χ4v) is 3.30. The van der Waals surface area contributed by atoms with Crippen molar-refractivity contribution in [2.75, 3.05) is 26.3 Å². The summed E-state index contributed by atoms with van der Waals surface area (Å²) in [5.74, 6) is 0. The molecule has 5 nitrogen and oxygen atoms in total. The second kappa shape index (κ2) is 6.16. The molecule has 1 fully saturated rings. The topological polar surface area (TPSA) is 58.6 Å². The van der Waals surface area contributed by atoms with Crippen LogP contribution in [0.15, 0.2) is 0 Å². The van der Waals surface area contributed by atoms with Crippen molar-refractivity contribution >= 4 is 21.8 Å². The first kappa shape index (κ1) is 14.2. The zero-order valence-corrected chi connectivity index (χ0v) is 11.2. The number of alkyl halides is 1. The minimum absolute atomic E-state index is 0.0395. The fourth-order valence-electron chi connectivity index (χ4n) is 1.65. The SMILES string of the molecule is CC(Cl)CC(C)NS(=O)(=O)N1CCOCC1. The van der Waals surface area contributed by atoms with Gasteiger partial charge in [0.15, 0.2) is 0 Å². The Balaban J connectivity index is 2.49. The van der Waals surface area contributed by atoms with Gasteiger partial charge in [-0.1, -0.05) is 0 Å². The van der Waals surface area contributed by atoms with Gasteiger partial charge in [0.05, 0.1) is 13.2 Å². The van der Waals surface area contributed by atoms with Gasteiger partial charge >= 0.3 is 0 Å². The highest BCUT2D eigenvalue weighted by molar-refractivity contribution is 7.87. The summed E-state index contributed by atoms with van der Waals surface area (Å²) in [6, 6.07) is -0.152. The number of halogens is 1. The van der Waals surface area contributed by atoms with Gasteiger partial charge in [-0.15, -0.1) is 11.6 Å². The van der Waals surface area contributed by atoms with E-state index >= 15 is 0 Å². The summed E-state index contributed by atoms with van der Waals surface area (Å²) in [5, 5.41) is -0.0395. The van der Waals surface area contributed by atoms with Crippen molar-refractivity contribution in [1.29, 1.82) is 0 Å². The summed E-state index contributed by atoms with van der Waals surface area (Å²) in [7, 11) is -3.38. The molecule has 0 radical (unpaired) electrons. The number of rotatable bonds is 5. The van der Waals surface area contributed by atoms with Crippen molar-refractivity contribution in [3.8, 4) is 0 Å². The molecular weight excluding hydrogens is 252 g/mol. The molecule has 0 bridgehead atoms. The maximum Gasteiger partial charge on any atom is 0.279 e. The van der Waals surface area contributed by atoms with Gasteiger partial charge in [-0.25, -0.2) is 0 Å².